The summed E-state index contributed by atoms with van der Waals surface area (Å²) in [5.74, 6) is -0.640. The summed E-state index contributed by atoms with van der Waals surface area (Å²) in [5, 5.41) is 11.5. The second kappa shape index (κ2) is 8.67. The molecule has 2 aromatic rings. The lowest BCUT2D eigenvalue weighted by molar-refractivity contribution is -0.159. The van der Waals surface area contributed by atoms with E-state index >= 15 is 0 Å². The number of benzene rings is 2. The molecule has 2 aromatic carbocycles. The number of anilines is 1. The van der Waals surface area contributed by atoms with Gasteiger partial charge in [-0.25, -0.2) is 4.79 Å². The summed E-state index contributed by atoms with van der Waals surface area (Å²) in [4.78, 5) is 24.2. The number of hydrogen-bond acceptors (Lipinski definition) is 5. The van der Waals surface area contributed by atoms with Gasteiger partial charge in [-0.3, -0.25) is 4.79 Å². The Bertz CT molecular complexity index is 807. The third-order valence-electron chi connectivity index (χ3n) is 3.61. The van der Waals surface area contributed by atoms with Crippen molar-refractivity contribution in [2.24, 2.45) is 0 Å². The van der Waals surface area contributed by atoms with Gasteiger partial charge < -0.3 is 14.8 Å². The van der Waals surface area contributed by atoms with Gasteiger partial charge >= 0.3 is 5.97 Å². The number of hydrogen-bond donors (Lipinski definition) is 1. The molecule has 0 aromatic heterocycles. The maximum Gasteiger partial charge on any atom is 0.347 e. The molecule has 2 rings (SSSR count). The van der Waals surface area contributed by atoms with E-state index in [1.54, 1.807) is 36.4 Å². The van der Waals surface area contributed by atoms with Crippen molar-refractivity contribution in [2.45, 2.75) is 33.0 Å². The Hall–Kier alpha value is -3.33. The minimum Gasteiger partial charge on any atom is -0.479 e. The number of aryl methyl sites for hydroxylation is 1. The maximum absolute atomic E-state index is 12.1. The molecule has 1 N–H and O–H groups in total. The third kappa shape index (κ3) is 5.35. The van der Waals surface area contributed by atoms with Crippen molar-refractivity contribution in [1.29, 1.82) is 5.26 Å². The van der Waals surface area contributed by atoms with Crippen LogP contribution in [0.4, 0.5) is 5.69 Å². The Balaban J connectivity index is 1.87. The van der Waals surface area contributed by atoms with E-state index in [0.717, 1.165) is 5.56 Å². The maximum atomic E-state index is 12.1. The summed E-state index contributed by atoms with van der Waals surface area (Å²) in [5.41, 5.74) is 2.20. The van der Waals surface area contributed by atoms with Crippen LogP contribution in [0.15, 0.2) is 48.5 Å². The lowest BCUT2D eigenvalue weighted by Crippen LogP contribution is -2.35. The van der Waals surface area contributed by atoms with Crippen LogP contribution in [-0.2, 0) is 14.3 Å². The average molecular weight is 352 g/mol. The molecule has 6 heteroatoms. The number of nitrogens with zero attached hydrogens (tertiary/aromatic N) is 1. The fourth-order valence-corrected chi connectivity index (χ4v) is 2.06. The summed E-state index contributed by atoms with van der Waals surface area (Å²) in [7, 11) is 0. The van der Waals surface area contributed by atoms with Gasteiger partial charge in [-0.05, 0) is 57.2 Å². The van der Waals surface area contributed by atoms with Crippen molar-refractivity contribution in [1.82, 2.24) is 0 Å². The Morgan fingerprint density at radius 3 is 2.19 bits per heavy atom. The van der Waals surface area contributed by atoms with E-state index in [2.05, 4.69) is 5.32 Å². The summed E-state index contributed by atoms with van der Waals surface area (Å²) < 4.78 is 10.6. The molecule has 26 heavy (non-hydrogen) atoms. The molecule has 2 atom stereocenters. The highest BCUT2D eigenvalue weighted by Crippen LogP contribution is 2.15. The van der Waals surface area contributed by atoms with Gasteiger partial charge in [0.2, 0.25) is 0 Å². The highest BCUT2D eigenvalue weighted by atomic mass is 16.6. The molecule has 0 bridgehead atoms. The van der Waals surface area contributed by atoms with Crippen LogP contribution in [0.1, 0.15) is 25.0 Å². The second-order valence-corrected chi connectivity index (χ2v) is 5.83. The average Bonchev–Trinajstić information content (AvgIpc) is 2.64. The van der Waals surface area contributed by atoms with E-state index < -0.39 is 24.1 Å². The molecule has 0 unspecified atom stereocenters. The molecule has 0 aliphatic carbocycles. The van der Waals surface area contributed by atoms with Crippen molar-refractivity contribution in [3.8, 4) is 11.8 Å². The van der Waals surface area contributed by atoms with Crippen LogP contribution in [0.2, 0.25) is 0 Å². The van der Waals surface area contributed by atoms with Crippen molar-refractivity contribution in [2.75, 3.05) is 5.32 Å². The van der Waals surface area contributed by atoms with Gasteiger partial charge in [0.15, 0.2) is 12.2 Å². The molecular formula is C20H20N2O4. The number of esters is 1. The highest BCUT2D eigenvalue weighted by molar-refractivity contribution is 5.95. The number of amides is 1. The van der Waals surface area contributed by atoms with Gasteiger partial charge in [0, 0.05) is 5.69 Å². The summed E-state index contributed by atoms with van der Waals surface area (Å²) in [6.07, 6.45) is -1.85. The van der Waals surface area contributed by atoms with Crippen molar-refractivity contribution >= 4 is 17.6 Å². The molecule has 0 radical (unpaired) electrons. The molecule has 0 aliphatic rings. The first-order chi connectivity index (χ1) is 12.4. The molecule has 0 spiro atoms. The van der Waals surface area contributed by atoms with E-state index in [9.17, 15) is 9.59 Å². The number of ether oxygens (including phenoxy) is 2. The molecule has 6 nitrogen and oxygen atoms in total. The van der Waals surface area contributed by atoms with Gasteiger partial charge in [0.05, 0.1) is 11.6 Å². The lowest BCUT2D eigenvalue weighted by Gasteiger charge is -2.18. The minimum absolute atomic E-state index is 0.423. The van der Waals surface area contributed by atoms with Crippen LogP contribution < -0.4 is 10.1 Å². The fourth-order valence-electron chi connectivity index (χ4n) is 2.06. The van der Waals surface area contributed by atoms with Crippen molar-refractivity contribution in [3.63, 3.8) is 0 Å². The zero-order chi connectivity index (χ0) is 19.1. The van der Waals surface area contributed by atoms with E-state index in [1.165, 1.54) is 13.8 Å². The number of carbonyl (C=O) groups is 2. The smallest absolute Gasteiger partial charge is 0.347 e. The molecular weight excluding hydrogens is 332 g/mol. The van der Waals surface area contributed by atoms with Gasteiger partial charge in [-0.1, -0.05) is 17.7 Å². The van der Waals surface area contributed by atoms with Crippen LogP contribution >= 0.6 is 0 Å². The van der Waals surface area contributed by atoms with Gasteiger partial charge in [0.25, 0.3) is 5.91 Å². The fraction of sp³-hybridized carbons (Fsp3) is 0.250. The summed E-state index contributed by atoms with van der Waals surface area (Å²) in [6, 6.07) is 15.7. The third-order valence-corrected chi connectivity index (χ3v) is 3.61. The lowest BCUT2D eigenvalue weighted by atomic mass is 10.2. The minimum atomic E-state index is -0.962. The monoisotopic (exact) mass is 352 g/mol. The van der Waals surface area contributed by atoms with E-state index in [-0.39, 0.29) is 0 Å². The van der Waals surface area contributed by atoms with Gasteiger partial charge in [-0.2, -0.15) is 5.26 Å². The highest BCUT2D eigenvalue weighted by Gasteiger charge is 2.23. The zero-order valence-electron chi connectivity index (χ0n) is 14.9. The predicted molar refractivity (Wildman–Crippen MR) is 96.6 cm³/mol. The van der Waals surface area contributed by atoms with Gasteiger partial charge in [0.1, 0.15) is 5.75 Å². The first kappa shape index (κ1) is 19.0. The van der Waals surface area contributed by atoms with Crippen LogP contribution in [0.5, 0.6) is 5.75 Å². The van der Waals surface area contributed by atoms with Crippen LogP contribution in [-0.4, -0.2) is 24.1 Å². The Morgan fingerprint density at radius 1 is 1.00 bits per heavy atom. The summed E-state index contributed by atoms with van der Waals surface area (Å²) in [6.45, 7) is 4.98. The number of rotatable bonds is 6. The molecule has 0 saturated carbocycles. The molecule has 0 heterocycles. The largest absolute Gasteiger partial charge is 0.479 e. The molecule has 0 fully saturated rings. The Labute approximate surface area is 152 Å². The van der Waals surface area contributed by atoms with Crippen LogP contribution in [0.3, 0.4) is 0 Å². The molecule has 0 saturated heterocycles. The van der Waals surface area contributed by atoms with Crippen LogP contribution in [0.25, 0.3) is 0 Å². The number of nitriles is 1. The zero-order valence-corrected chi connectivity index (χ0v) is 14.9. The van der Waals surface area contributed by atoms with Crippen molar-refractivity contribution < 1.29 is 19.1 Å². The standard InChI is InChI=1S/C20H20N2O4/c1-13-4-8-17(9-5-13)22-19(23)14(2)26-20(24)15(3)25-18-10-6-16(12-21)7-11-18/h4-11,14-15H,1-3H3,(H,22,23)/t14-,15+/m1/s1. The van der Waals surface area contributed by atoms with Crippen LogP contribution in [0, 0.1) is 18.3 Å². The first-order valence-electron chi connectivity index (χ1n) is 8.14. The number of nitrogens with one attached hydrogen (secondary N) is 1. The summed E-state index contributed by atoms with van der Waals surface area (Å²) >= 11 is 0. The number of carbonyl (C=O) groups excluding carboxylic acids is 2. The van der Waals surface area contributed by atoms with Gasteiger partial charge in [-0.15, -0.1) is 0 Å². The molecule has 0 aliphatic heterocycles. The molecule has 134 valence electrons. The topological polar surface area (TPSA) is 88.4 Å². The van der Waals surface area contributed by atoms with E-state index in [4.69, 9.17) is 14.7 Å². The van der Waals surface area contributed by atoms with E-state index in [1.807, 2.05) is 25.1 Å². The van der Waals surface area contributed by atoms with Crippen molar-refractivity contribution in [3.05, 3.63) is 59.7 Å². The Kier molecular flexibility index (Phi) is 6.34. The first-order valence-corrected chi connectivity index (χ1v) is 8.14. The predicted octanol–water partition coefficient (Wildman–Crippen LogP) is 3.20. The molecule has 1 amide bonds. The quantitative estimate of drug-likeness (QED) is 0.807. The SMILES string of the molecule is Cc1ccc(NC(=O)[C@@H](C)OC(=O)[C@H](C)Oc2ccc(C#N)cc2)cc1. The second-order valence-electron chi connectivity index (χ2n) is 5.83. The Morgan fingerprint density at radius 2 is 1.62 bits per heavy atom. The normalized spacial score (nSPS) is 12.4. The van der Waals surface area contributed by atoms with E-state index in [0.29, 0.717) is 17.0 Å².